The summed E-state index contributed by atoms with van der Waals surface area (Å²) in [5.41, 5.74) is 13.0. The monoisotopic (exact) mass is 1280 g/mol. The van der Waals surface area contributed by atoms with Gasteiger partial charge in [-0.05, 0) is 193 Å². The smallest absolute Gasteiger partial charge is 0.252 e. The van der Waals surface area contributed by atoms with Crippen molar-refractivity contribution in [2.45, 2.75) is 52.4 Å². The molecule has 98 heavy (non-hydrogen) atoms. The van der Waals surface area contributed by atoms with Crippen LogP contribution >= 0.6 is 0 Å². The normalized spacial score (nSPS) is 15.7. The summed E-state index contributed by atoms with van der Waals surface area (Å²) in [4.78, 5) is 6.05. The SMILES string of the molecule is [2H]c1c([2H])c([2H])c(N(c2ccc(-n3c4c([2H])c([2H])c([2H])c([2H])c4c4c([2H])c([2H])c([2H])c([2H])c43)cc2)c2ccc3c(c2)N(c2ccc(C(C)(C)C)cc2-c2ccccc2)c2cc(C(C)(C)C)cc4c2B3c2ccc(-n3c5c([2H])c([2H])c([2H])c([2H])c5c5c([2H])c([2H])c([2H])c([2H])c53)cc2N4c2cc(-c3ccccc3)cc(-c3ccccc3)c2)c([2H])c1[2H]. The molecule has 468 valence electrons. The lowest BCUT2D eigenvalue weighted by atomic mass is 9.33. The van der Waals surface area contributed by atoms with Crippen molar-refractivity contribution in [3.63, 3.8) is 0 Å². The Morgan fingerprint density at radius 3 is 1.29 bits per heavy atom. The zero-order valence-electron chi connectivity index (χ0n) is 75.4. The molecule has 14 aromatic carbocycles. The minimum Gasteiger partial charge on any atom is -0.311 e. The number of benzene rings is 14. The van der Waals surface area contributed by atoms with Crippen molar-refractivity contribution in [2.24, 2.45) is 0 Å². The Labute approximate surface area is 603 Å². The molecule has 0 spiro atoms. The summed E-state index contributed by atoms with van der Waals surface area (Å²) < 4.78 is 197. The van der Waals surface area contributed by atoms with Gasteiger partial charge in [0.05, 0.1) is 56.5 Å². The van der Waals surface area contributed by atoms with E-state index in [1.165, 1.54) is 9.13 Å². The van der Waals surface area contributed by atoms with Crippen molar-refractivity contribution < 1.29 is 28.8 Å². The van der Waals surface area contributed by atoms with Crippen molar-refractivity contribution in [2.75, 3.05) is 14.7 Å². The third-order valence-corrected chi connectivity index (χ3v) is 19.1. The first-order chi connectivity index (χ1) is 56.6. The second kappa shape index (κ2) is 22.9. The molecule has 0 fully saturated rings. The number of hydrogen-bond donors (Lipinski definition) is 0. The fourth-order valence-electron chi connectivity index (χ4n) is 14.5. The Balaban J connectivity index is 0.974. The Kier molecular flexibility index (Phi) is 9.48. The molecule has 2 aliphatic heterocycles. The lowest BCUT2D eigenvalue weighted by molar-refractivity contribution is 0.590. The van der Waals surface area contributed by atoms with Crippen LogP contribution in [0.2, 0.25) is 0 Å². The predicted molar refractivity (Wildman–Crippen MR) is 418 cm³/mol. The van der Waals surface area contributed by atoms with Gasteiger partial charge < -0.3 is 23.8 Å². The second-order valence-corrected chi connectivity index (χ2v) is 27.0. The molecule has 0 N–H and O–H groups in total. The van der Waals surface area contributed by atoms with E-state index < -0.39 is 139 Å². The highest BCUT2D eigenvalue weighted by molar-refractivity contribution is 7.00. The molecule has 0 aliphatic carbocycles. The molecule has 5 nitrogen and oxygen atoms in total. The van der Waals surface area contributed by atoms with Gasteiger partial charge in [-0.1, -0.05) is 241 Å². The van der Waals surface area contributed by atoms with Crippen LogP contribution in [0, 0.1) is 0 Å². The van der Waals surface area contributed by atoms with E-state index in [4.69, 9.17) is 9.60 Å². The van der Waals surface area contributed by atoms with Crippen LogP contribution in [0.15, 0.2) is 327 Å². The van der Waals surface area contributed by atoms with Crippen LogP contribution in [0.3, 0.4) is 0 Å². The standard InChI is InChI=1S/C92H72BN5/c1-91(2,3)66-43-52-85(78(56-66)63-31-15-9-16-32-63)98-87-59-71(94(68-33-17-10-18-34-68)69-44-46-70(47-45-69)95-81-39-23-19-35-74(81)75-36-20-24-40-82(75)95)48-50-80(87)93-79-51-49-72(96-83-41-25-21-37-76(83)77-38-22-26-42-84(77)96)60-86(79)97(88-57-67(92(4,5)6)58-89(98)90(88)93)73-54-64(61-27-11-7-12-28-61)53-65(55-73)62-29-13-8-14-30-62/h7-60H,1-6H3/i10D,17D,18D,19D,20D,21D,22D,23D,24D,25D,26D,33D,34D,35D,36D,37D,38D,39D,40D,41D,42D. The van der Waals surface area contributed by atoms with E-state index in [-0.39, 0.29) is 66.1 Å². The summed E-state index contributed by atoms with van der Waals surface area (Å²) in [6, 6.07) is 53.7. The molecule has 4 heterocycles. The minimum atomic E-state index is -0.745. The van der Waals surface area contributed by atoms with E-state index in [1.807, 2.05) is 91.0 Å². The van der Waals surface area contributed by atoms with Crippen LogP contribution in [-0.2, 0) is 10.8 Å². The van der Waals surface area contributed by atoms with E-state index in [0.717, 1.165) is 78.0 Å². The molecule has 0 bridgehead atoms. The number of hydrogen-bond acceptors (Lipinski definition) is 3. The van der Waals surface area contributed by atoms with E-state index in [0.29, 0.717) is 28.4 Å². The van der Waals surface area contributed by atoms with E-state index >= 15 is 0 Å². The Bertz CT molecular complexity index is 6860. The summed E-state index contributed by atoms with van der Waals surface area (Å²) in [6.07, 6.45) is 0. The lowest BCUT2D eigenvalue weighted by Gasteiger charge is -2.46. The third kappa shape index (κ3) is 9.68. The summed E-state index contributed by atoms with van der Waals surface area (Å²) in [5.74, 6) is 0. The minimum absolute atomic E-state index is 0.0648. The van der Waals surface area contributed by atoms with Gasteiger partial charge in [0.15, 0.2) is 0 Å². The molecular formula is C92H72BN5. The van der Waals surface area contributed by atoms with Gasteiger partial charge in [-0.2, -0.15) is 0 Å². The van der Waals surface area contributed by atoms with Gasteiger partial charge >= 0.3 is 0 Å². The molecule has 18 rings (SSSR count). The number of para-hydroxylation sites is 5. The van der Waals surface area contributed by atoms with Crippen molar-refractivity contribution in [1.82, 2.24) is 9.13 Å². The van der Waals surface area contributed by atoms with Gasteiger partial charge in [0.25, 0.3) is 6.71 Å². The maximum atomic E-state index is 9.88. The van der Waals surface area contributed by atoms with Crippen LogP contribution < -0.4 is 31.1 Å². The molecule has 0 saturated carbocycles. The van der Waals surface area contributed by atoms with Crippen LogP contribution in [0.4, 0.5) is 51.2 Å². The molecule has 16 aromatic rings. The van der Waals surface area contributed by atoms with Crippen LogP contribution in [0.25, 0.3) is 88.4 Å². The van der Waals surface area contributed by atoms with E-state index in [2.05, 4.69) is 136 Å². The van der Waals surface area contributed by atoms with Crippen LogP contribution in [0.5, 0.6) is 0 Å². The molecule has 0 atom stereocenters. The number of aromatic nitrogens is 2. The average molecular weight is 1280 g/mol. The first kappa shape index (κ1) is 40.5. The van der Waals surface area contributed by atoms with Gasteiger partial charge in [0.2, 0.25) is 0 Å². The van der Waals surface area contributed by atoms with Crippen molar-refractivity contribution in [3.8, 4) is 44.8 Å². The molecule has 0 saturated heterocycles. The van der Waals surface area contributed by atoms with E-state index in [9.17, 15) is 19.2 Å². The first-order valence-electron chi connectivity index (χ1n) is 43.1. The molecular weight excluding hydrogens is 1190 g/mol. The second-order valence-electron chi connectivity index (χ2n) is 27.0. The molecule has 0 amide bonds. The number of fused-ring (bicyclic) bond motifs is 10. The van der Waals surface area contributed by atoms with Gasteiger partial charge in [0.1, 0.15) is 0 Å². The number of nitrogens with zero attached hydrogens (tertiary/aromatic N) is 5. The molecule has 2 aromatic heterocycles. The number of anilines is 9. The third-order valence-electron chi connectivity index (χ3n) is 19.1. The van der Waals surface area contributed by atoms with E-state index in [1.54, 1.807) is 29.2 Å². The van der Waals surface area contributed by atoms with Crippen molar-refractivity contribution >= 4 is 118 Å². The highest BCUT2D eigenvalue weighted by Crippen LogP contribution is 2.52. The highest BCUT2D eigenvalue weighted by Gasteiger charge is 2.45. The van der Waals surface area contributed by atoms with Crippen LogP contribution in [0.1, 0.15) is 81.5 Å². The van der Waals surface area contributed by atoms with Gasteiger partial charge in [-0.3, -0.25) is 0 Å². The molecule has 0 unspecified atom stereocenters. The molecule has 0 radical (unpaired) electrons. The summed E-state index contributed by atoms with van der Waals surface area (Å²) >= 11 is 0. The zero-order valence-corrected chi connectivity index (χ0v) is 54.4. The van der Waals surface area contributed by atoms with Crippen molar-refractivity contribution in [3.05, 3.63) is 338 Å². The fourth-order valence-corrected chi connectivity index (χ4v) is 14.5. The Hall–Kier alpha value is -11.9. The maximum Gasteiger partial charge on any atom is 0.252 e. The zero-order chi connectivity index (χ0) is 84.2. The number of rotatable bonds is 10. The van der Waals surface area contributed by atoms with Gasteiger partial charge in [-0.15, -0.1) is 0 Å². The topological polar surface area (TPSA) is 19.6 Å². The molecule has 2 aliphatic rings. The molecule has 6 heteroatoms. The lowest BCUT2D eigenvalue weighted by Crippen LogP contribution is -2.61. The Morgan fingerprint density at radius 1 is 0.306 bits per heavy atom. The largest absolute Gasteiger partial charge is 0.311 e. The fraction of sp³-hybridized carbons (Fsp3) is 0.0870. The summed E-state index contributed by atoms with van der Waals surface area (Å²) in [5, 5.41) is -0.430. The van der Waals surface area contributed by atoms with Gasteiger partial charge in [0, 0.05) is 84.0 Å². The average Bonchev–Trinajstić information content (AvgIpc) is 1.12. The Morgan fingerprint density at radius 2 is 0.755 bits per heavy atom. The van der Waals surface area contributed by atoms with Crippen molar-refractivity contribution in [1.29, 1.82) is 0 Å². The first-order valence-corrected chi connectivity index (χ1v) is 32.6. The van der Waals surface area contributed by atoms with Gasteiger partial charge in [-0.25, -0.2) is 0 Å². The quantitative estimate of drug-likeness (QED) is 0.127. The summed E-state index contributed by atoms with van der Waals surface area (Å²) in [7, 11) is 0. The maximum absolute atomic E-state index is 9.88. The highest BCUT2D eigenvalue weighted by atomic mass is 15.2. The van der Waals surface area contributed by atoms with Crippen LogP contribution in [-0.4, -0.2) is 15.8 Å². The summed E-state index contributed by atoms with van der Waals surface area (Å²) in [6.45, 7) is 12.1. The predicted octanol–water partition coefficient (Wildman–Crippen LogP) is 23.0.